The second-order valence-corrected chi connectivity index (χ2v) is 9.34. The molecule has 0 atom stereocenters. The summed E-state index contributed by atoms with van der Waals surface area (Å²) in [5, 5.41) is 9.76. The number of thiophene rings is 1. The van der Waals surface area contributed by atoms with Crippen molar-refractivity contribution in [1.82, 2.24) is 19.9 Å². The molecule has 0 aliphatic rings. The van der Waals surface area contributed by atoms with Gasteiger partial charge in [0.05, 0.1) is 21.5 Å². The maximum Gasteiger partial charge on any atom is 0.258 e. The predicted octanol–water partition coefficient (Wildman–Crippen LogP) is 4.83. The van der Waals surface area contributed by atoms with Crippen LogP contribution in [0, 0.1) is 6.92 Å². The van der Waals surface area contributed by atoms with E-state index >= 15 is 0 Å². The number of rotatable bonds is 5. The molecule has 36 heavy (non-hydrogen) atoms. The first-order valence-electron chi connectivity index (χ1n) is 11.1. The number of hydrogen-bond donors (Lipinski definition) is 3. The molecular formula is C26H23N7O2S. The van der Waals surface area contributed by atoms with Gasteiger partial charge in [-0.25, -0.2) is 15.0 Å². The molecule has 3 heterocycles. The summed E-state index contributed by atoms with van der Waals surface area (Å²) in [7, 11) is 3.43. The molecule has 9 nitrogen and oxygen atoms in total. The number of anilines is 4. The number of carbonyl (C=O) groups excluding carboxylic acids is 2. The molecule has 0 radical (unpaired) electrons. The van der Waals surface area contributed by atoms with E-state index in [1.165, 1.54) is 22.6 Å². The number of aryl methyl sites for hydroxylation is 1. The van der Waals surface area contributed by atoms with Crippen molar-refractivity contribution >= 4 is 67.2 Å². The third kappa shape index (κ3) is 4.18. The Balaban J connectivity index is 1.50. The van der Waals surface area contributed by atoms with E-state index in [2.05, 4.69) is 25.6 Å². The van der Waals surface area contributed by atoms with Crippen molar-refractivity contribution in [3.8, 4) is 0 Å². The van der Waals surface area contributed by atoms with Crippen molar-refractivity contribution in [1.29, 1.82) is 0 Å². The smallest absolute Gasteiger partial charge is 0.258 e. The number of nitrogens with one attached hydrogen (secondary N) is 2. The molecule has 10 heteroatoms. The Labute approximate surface area is 211 Å². The van der Waals surface area contributed by atoms with Gasteiger partial charge in [0.2, 0.25) is 0 Å². The molecule has 0 spiro atoms. The number of nitrogen functional groups attached to an aromatic ring is 1. The maximum atomic E-state index is 13.3. The topological polar surface area (TPSA) is 126 Å². The van der Waals surface area contributed by atoms with Gasteiger partial charge in [-0.05, 0) is 36.8 Å². The number of nitrogens with two attached hydrogens (primary N) is 1. The third-order valence-corrected chi connectivity index (χ3v) is 6.79. The summed E-state index contributed by atoms with van der Waals surface area (Å²) in [6.07, 6.45) is 3.04. The Morgan fingerprint density at radius 3 is 2.67 bits per heavy atom. The molecule has 3 aromatic heterocycles. The van der Waals surface area contributed by atoms with Crippen LogP contribution in [-0.2, 0) is 0 Å². The Bertz CT molecular complexity index is 1640. The minimum atomic E-state index is -0.281. The summed E-state index contributed by atoms with van der Waals surface area (Å²) >= 11 is 1.34. The first kappa shape index (κ1) is 23.2. The van der Waals surface area contributed by atoms with Crippen LogP contribution < -0.4 is 16.4 Å². The number of benzene rings is 2. The molecular weight excluding hydrogens is 474 g/mol. The average molecular weight is 498 g/mol. The fraction of sp³-hybridized carbons (Fsp3) is 0.115. The van der Waals surface area contributed by atoms with Gasteiger partial charge in [-0.1, -0.05) is 18.2 Å². The normalized spacial score (nSPS) is 11.0. The minimum Gasteiger partial charge on any atom is -0.382 e. The zero-order valence-electron chi connectivity index (χ0n) is 19.9. The van der Waals surface area contributed by atoms with Crippen molar-refractivity contribution in [2.45, 2.75) is 6.92 Å². The monoisotopic (exact) mass is 497 g/mol. The number of fused-ring (bicyclic) bond motifs is 2. The second-order valence-electron chi connectivity index (χ2n) is 8.46. The van der Waals surface area contributed by atoms with Crippen molar-refractivity contribution in [3.05, 3.63) is 77.1 Å². The number of amides is 2. The van der Waals surface area contributed by atoms with Crippen molar-refractivity contribution in [2.75, 3.05) is 30.5 Å². The van der Waals surface area contributed by atoms with E-state index in [1.807, 2.05) is 37.3 Å². The lowest BCUT2D eigenvalue weighted by Gasteiger charge is -2.15. The van der Waals surface area contributed by atoms with E-state index in [0.29, 0.717) is 38.7 Å². The highest BCUT2D eigenvalue weighted by molar-refractivity contribution is 7.18. The average Bonchev–Trinajstić information content (AvgIpc) is 3.31. The SMILES string of the molecule is Cc1ccc2c(Nc3cccc(C(=O)N(C)C)c3)nccc2c1NC(=O)c1csc2c(N)ncnc12. The lowest BCUT2D eigenvalue weighted by molar-refractivity contribution is 0.0827. The fourth-order valence-corrected chi connectivity index (χ4v) is 4.87. The van der Waals surface area contributed by atoms with Gasteiger partial charge in [0.25, 0.3) is 11.8 Å². The molecule has 0 unspecified atom stereocenters. The van der Waals surface area contributed by atoms with Crippen LogP contribution in [-0.4, -0.2) is 45.8 Å². The summed E-state index contributed by atoms with van der Waals surface area (Å²) in [4.78, 5) is 39.9. The summed E-state index contributed by atoms with van der Waals surface area (Å²) < 4.78 is 0.683. The van der Waals surface area contributed by atoms with Crippen LogP contribution in [0.3, 0.4) is 0 Å². The number of pyridine rings is 1. The number of carbonyl (C=O) groups is 2. The van der Waals surface area contributed by atoms with Crippen LogP contribution in [0.15, 0.2) is 60.4 Å². The molecule has 0 bridgehead atoms. The van der Waals surface area contributed by atoms with E-state index in [4.69, 9.17) is 5.73 Å². The highest BCUT2D eigenvalue weighted by Crippen LogP contribution is 2.34. The van der Waals surface area contributed by atoms with Crippen LogP contribution in [0.4, 0.5) is 23.0 Å². The highest BCUT2D eigenvalue weighted by atomic mass is 32.1. The summed E-state index contributed by atoms with van der Waals surface area (Å²) in [6, 6.07) is 13.0. The first-order chi connectivity index (χ1) is 17.3. The van der Waals surface area contributed by atoms with E-state index in [1.54, 1.807) is 37.8 Å². The fourth-order valence-electron chi connectivity index (χ4n) is 3.97. The number of aromatic nitrogens is 3. The molecule has 180 valence electrons. The van der Waals surface area contributed by atoms with Crippen LogP contribution in [0.1, 0.15) is 26.3 Å². The van der Waals surface area contributed by atoms with Crippen molar-refractivity contribution < 1.29 is 9.59 Å². The quantitative estimate of drug-likeness (QED) is 0.317. The van der Waals surface area contributed by atoms with E-state index in [0.717, 1.165) is 22.0 Å². The molecule has 0 saturated heterocycles. The Morgan fingerprint density at radius 1 is 1.03 bits per heavy atom. The minimum absolute atomic E-state index is 0.0851. The van der Waals surface area contributed by atoms with Gasteiger partial charge in [-0.15, -0.1) is 11.3 Å². The van der Waals surface area contributed by atoms with Crippen molar-refractivity contribution in [2.24, 2.45) is 0 Å². The van der Waals surface area contributed by atoms with E-state index < -0.39 is 0 Å². The molecule has 0 aliphatic carbocycles. The predicted molar refractivity (Wildman–Crippen MR) is 144 cm³/mol. The molecule has 4 N–H and O–H groups in total. The van der Waals surface area contributed by atoms with Crippen LogP contribution >= 0.6 is 11.3 Å². The van der Waals surface area contributed by atoms with E-state index in [9.17, 15) is 9.59 Å². The molecule has 5 aromatic rings. The Morgan fingerprint density at radius 2 is 1.86 bits per heavy atom. The Kier molecular flexibility index (Phi) is 5.95. The van der Waals surface area contributed by atoms with Gasteiger partial charge >= 0.3 is 0 Å². The van der Waals surface area contributed by atoms with Crippen LogP contribution in [0.2, 0.25) is 0 Å². The zero-order valence-corrected chi connectivity index (χ0v) is 20.7. The van der Waals surface area contributed by atoms with Crippen LogP contribution in [0.25, 0.3) is 21.0 Å². The molecule has 2 aromatic carbocycles. The van der Waals surface area contributed by atoms with E-state index in [-0.39, 0.29) is 11.8 Å². The third-order valence-electron chi connectivity index (χ3n) is 5.80. The summed E-state index contributed by atoms with van der Waals surface area (Å²) in [5.41, 5.74) is 9.79. The van der Waals surface area contributed by atoms with Gasteiger partial charge in [0, 0.05) is 47.7 Å². The zero-order chi connectivity index (χ0) is 25.4. The molecule has 0 aliphatic heterocycles. The van der Waals surface area contributed by atoms with Gasteiger partial charge in [0.15, 0.2) is 0 Å². The Hall–Kier alpha value is -4.57. The standard InChI is InChI=1S/C26H23N7O2S/c1-14-7-8-18-17(20(14)32-25(34)19-12-36-22-21(19)29-13-30-23(22)27)9-10-28-24(18)31-16-6-4-5-15(11-16)26(35)33(2)3/h4-13H,1-3H3,(H,28,31)(H,32,34)(H2,27,29,30). The molecule has 0 fully saturated rings. The molecule has 5 rings (SSSR count). The largest absolute Gasteiger partial charge is 0.382 e. The van der Waals surface area contributed by atoms with Crippen molar-refractivity contribution in [3.63, 3.8) is 0 Å². The molecule has 2 amide bonds. The van der Waals surface area contributed by atoms with Gasteiger partial charge in [-0.2, -0.15) is 0 Å². The van der Waals surface area contributed by atoms with Gasteiger partial charge in [-0.3, -0.25) is 9.59 Å². The first-order valence-corrected chi connectivity index (χ1v) is 12.0. The highest BCUT2D eigenvalue weighted by Gasteiger charge is 2.18. The lowest BCUT2D eigenvalue weighted by Crippen LogP contribution is -2.21. The lowest BCUT2D eigenvalue weighted by atomic mass is 10.0. The maximum absolute atomic E-state index is 13.3. The summed E-state index contributed by atoms with van der Waals surface area (Å²) in [6.45, 7) is 1.94. The second kappa shape index (κ2) is 9.23. The number of hydrogen-bond acceptors (Lipinski definition) is 8. The summed E-state index contributed by atoms with van der Waals surface area (Å²) in [5.74, 6) is 0.594. The van der Waals surface area contributed by atoms with Gasteiger partial charge < -0.3 is 21.3 Å². The van der Waals surface area contributed by atoms with Gasteiger partial charge in [0.1, 0.15) is 18.0 Å². The van der Waals surface area contributed by atoms with Crippen LogP contribution in [0.5, 0.6) is 0 Å². The number of nitrogens with zero attached hydrogens (tertiary/aromatic N) is 4. The molecule has 0 saturated carbocycles.